The average Bonchev–Trinajstić information content (AvgIpc) is 1.81. The average molecular weight is 195 g/mol. The molecule has 0 rings (SSSR count). The topological polar surface area (TPSA) is 85.0 Å². The smallest absolute Gasteiger partial charge is 0.338 e. The maximum absolute atomic E-state index is 10.2. The molecule has 4 nitrogen and oxygen atoms in total. The molecule has 0 bridgehead atoms. The Kier molecular flexibility index (Phi) is 3.78. The lowest BCUT2D eigenvalue weighted by molar-refractivity contribution is -0.132. The highest BCUT2D eigenvalue weighted by atomic mass is 35.5. The van der Waals surface area contributed by atoms with Crippen molar-refractivity contribution in [1.29, 1.82) is 10.8 Å². The highest BCUT2D eigenvalue weighted by molar-refractivity contribution is 6.73. The maximum Gasteiger partial charge on any atom is 0.338 e. The molecule has 0 aromatic rings. The molecule has 0 aliphatic heterocycles. The molecule has 0 atom stereocenters. The van der Waals surface area contributed by atoms with Crippen LogP contribution in [0.4, 0.5) is 0 Å². The minimum Gasteiger partial charge on any atom is -0.478 e. The van der Waals surface area contributed by atoms with E-state index in [4.69, 9.17) is 39.1 Å². The summed E-state index contributed by atoms with van der Waals surface area (Å²) in [6.07, 6.45) is 0.791. The Morgan fingerprint density at radius 2 is 1.82 bits per heavy atom. The lowest BCUT2D eigenvalue weighted by Crippen LogP contribution is -2.07. The van der Waals surface area contributed by atoms with Crippen LogP contribution >= 0.6 is 23.2 Å². The molecule has 0 amide bonds. The van der Waals surface area contributed by atoms with Gasteiger partial charge in [-0.15, -0.1) is 0 Å². The van der Waals surface area contributed by atoms with Crippen LogP contribution in [0.2, 0.25) is 0 Å². The van der Waals surface area contributed by atoms with Crippen LogP contribution in [0.15, 0.2) is 11.6 Å². The van der Waals surface area contributed by atoms with E-state index >= 15 is 0 Å². The predicted molar refractivity (Wildman–Crippen MR) is 42.9 cm³/mol. The van der Waals surface area contributed by atoms with Gasteiger partial charge in [-0.25, -0.2) is 4.79 Å². The SMILES string of the molecule is N=C(Cl)/C=C(\C(=N)Cl)C(=O)O. The van der Waals surface area contributed by atoms with E-state index < -0.39 is 21.9 Å². The normalized spacial score (nSPS) is 10.9. The Morgan fingerprint density at radius 1 is 1.36 bits per heavy atom. The van der Waals surface area contributed by atoms with Gasteiger partial charge in [0, 0.05) is 0 Å². The molecule has 6 heteroatoms. The van der Waals surface area contributed by atoms with Gasteiger partial charge < -0.3 is 5.11 Å². The van der Waals surface area contributed by atoms with E-state index in [9.17, 15) is 4.79 Å². The first kappa shape index (κ1) is 10.1. The fourth-order valence-corrected chi connectivity index (χ4v) is 0.590. The molecule has 0 saturated heterocycles. The van der Waals surface area contributed by atoms with Gasteiger partial charge in [0.1, 0.15) is 10.3 Å². The molecule has 0 unspecified atom stereocenters. The zero-order chi connectivity index (χ0) is 9.02. The molecule has 0 saturated carbocycles. The molecule has 0 aliphatic carbocycles. The zero-order valence-corrected chi connectivity index (χ0v) is 6.70. The van der Waals surface area contributed by atoms with Gasteiger partial charge >= 0.3 is 5.97 Å². The van der Waals surface area contributed by atoms with Crippen LogP contribution < -0.4 is 0 Å². The molecular weight excluding hydrogens is 191 g/mol. The number of carboxylic acids is 1. The summed E-state index contributed by atoms with van der Waals surface area (Å²) in [5, 5.41) is 20.6. The Hall–Kier alpha value is -0.870. The van der Waals surface area contributed by atoms with E-state index in [2.05, 4.69) is 0 Å². The number of hydrogen-bond acceptors (Lipinski definition) is 3. The molecule has 60 valence electrons. The van der Waals surface area contributed by atoms with Gasteiger partial charge in [0.15, 0.2) is 0 Å². The number of nitrogens with one attached hydrogen (secondary N) is 2. The van der Waals surface area contributed by atoms with Crippen molar-refractivity contribution in [3.63, 3.8) is 0 Å². The van der Waals surface area contributed by atoms with E-state index in [1.54, 1.807) is 0 Å². The number of hydrogen-bond donors (Lipinski definition) is 3. The summed E-state index contributed by atoms with van der Waals surface area (Å²) in [6.45, 7) is 0. The first-order valence-corrected chi connectivity index (χ1v) is 3.14. The lowest BCUT2D eigenvalue weighted by atomic mass is 10.3. The molecule has 0 heterocycles. The second-order valence-electron chi connectivity index (χ2n) is 1.53. The minimum absolute atomic E-state index is 0.479. The number of carboxylic acid groups (broad SMARTS) is 1. The van der Waals surface area contributed by atoms with Gasteiger partial charge in [-0.05, 0) is 6.08 Å². The van der Waals surface area contributed by atoms with Crippen molar-refractivity contribution in [3.8, 4) is 0 Å². The minimum atomic E-state index is -1.38. The Balaban J connectivity index is 4.75. The standard InChI is InChI=1S/C5H4Cl2N2O2/c6-3(8)1-2(4(7)9)5(10)11/h1,8-9H,(H,10,11)/b2-1+,8-3?,9-4?. The van der Waals surface area contributed by atoms with Crippen molar-refractivity contribution in [3.05, 3.63) is 11.6 Å². The molecule has 3 N–H and O–H groups in total. The molecule has 0 aliphatic rings. The van der Waals surface area contributed by atoms with Crippen LogP contribution in [0.3, 0.4) is 0 Å². The van der Waals surface area contributed by atoms with E-state index in [1.807, 2.05) is 0 Å². The van der Waals surface area contributed by atoms with Crippen LogP contribution in [-0.4, -0.2) is 21.4 Å². The largest absolute Gasteiger partial charge is 0.478 e. The van der Waals surface area contributed by atoms with Crippen molar-refractivity contribution in [1.82, 2.24) is 0 Å². The third-order valence-electron chi connectivity index (χ3n) is 0.738. The van der Waals surface area contributed by atoms with Crippen molar-refractivity contribution in [2.24, 2.45) is 0 Å². The maximum atomic E-state index is 10.2. The van der Waals surface area contributed by atoms with Crippen LogP contribution in [0.25, 0.3) is 0 Å². The molecule has 11 heavy (non-hydrogen) atoms. The van der Waals surface area contributed by atoms with Gasteiger partial charge in [0.05, 0.1) is 5.57 Å². The summed E-state index contributed by atoms with van der Waals surface area (Å²) in [4.78, 5) is 10.2. The van der Waals surface area contributed by atoms with Crippen molar-refractivity contribution >= 4 is 39.5 Å². The zero-order valence-electron chi connectivity index (χ0n) is 5.19. The fourth-order valence-electron chi connectivity index (χ4n) is 0.346. The number of carbonyl (C=O) groups is 1. The molecule has 0 fully saturated rings. The van der Waals surface area contributed by atoms with Gasteiger partial charge in [0.25, 0.3) is 0 Å². The second-order valence-corrected chi connectivity index (χ2v) is 2.31. The van der Waals surface area contributed by atoms with Crippen LogP contribution in [0.1, 0.15) is 0 Å². The van der Waals surface area contributed by atoms with Gasteiger partial charge in [-0.3, -0.25) is 10.8 Å². The van der Waals surface area contributed by atoms with Gasteiger partial charge in [-0.1, -0.05) is 23.2 Å². The Labute approximate surface area is 72.4 Å². The first-order chi connectivity index (χ1) is 4.95. The second kappa shape index (κ2) is 4.10. The fraction of sp³-hybridized carbons (Fsp3) is 0. The van der Waals surface area contributed by atoms with Gasteiger partial charge in [-0.2, -0.15) is 0 Å². The van der Waals surface area contributed by atoms with Crippen LogP contribution in [-0.2, 0) is 4.79 Å². The first-order valence-electron chi connectivity index (χ1n) is 2.38. The van der Waals surface area contributed by atoms with Crippen molar-refractivity contribution in [2.45, 2.75) is 0 Å². The molecule has 0 spiro atoms. The van der Waals surface area contributed by atoms with E-state index in [-0.39, 0.29) is 0 Å². The molecular formula is C5H4Cl2N2O2. The third kappa shape index (κ3) is 3.75. The number of rotatable bonds is 3. The number of allylic oxidation sites excluding steroid dienone is 1. The Morgan fingerprint density at radius 3 is 1.91 bits per heavy atom. The molecule has 0 aromatic heterocycles. The highest BCUT2D eigenvalue weighted by Crippen LogP contribution is 2.02. The third-order valence-corrected chi connectivity index (χ3v) is 1.05. The summed E-state index contributed by atoms with van der Waals surface area (Å²) < 4.78 is 0. The summed E-state index contributed by atoms with van der Waals surface area (Å²) in [7, 11) is 0. The summed E-state index contributed by atoms with van der Waals surface area (Å²) in [6, 6.07) is 0. The summed E-state index contributed by atoms with van der Waals surface area (Å²) in [5.74, 6) is -1.38. The van der Waals surface area contributed by atoms with Gasteiger partial charge in [0.2, 0.25) is 0 Å². The van der Waals surface area contributed by atoms with Crippen molar-refractivity contribution in [2.75, 3.05) is 0 Å². The number of halogens is 2. The van der Waals surface area contributed by atoms with Crippen molar-refractivity contribution < 1.29 is 9.90 Å². The molecule has 0 aromatic carbocycles. The monoisotopic (exact) mass is 194 g/mol. The molecule has 0 radical (unpaired) electrons. The van der Waals surface area contributed by atoms with E-state index in [0.29, 0.717) is 0 Å². The lowest BCUT2D eigenvalue weighted by Gasteiger charge is -1.93. The van der Waals surface area contributed by atoms with E-state index in [0.717, 1.165) is 6.08 Å². The highest BCUT2D eigenvalue weighted by Gasteiger charge is 2.11. The quantitative estimate of drug-likeness (QED) is 0.469. The summed E-state index contributed by atoms with van der Waals surface area (Å²) >= 11 is 10.1. The summed E-state index contributed by atoms with van der Waals surface area (Å²) in [5.41, 5.74) is -0.494. The van der Waals surface area contributed by atoms with Crippen LogP contribution in [0.5, 0.6) is 0 Å². The number of aliphatic carboxylic acids is 1. The Bertz CT molecular complexity index is 231. The van der Waals surface area contributed by atoms with Crippen LogP contribution in [0, 0.1) is 10.8 Å². The predicted octanol–water partition coefficient (Wildman–Crippen LogP) is 1.43. The van der Waals surface area contributed by atoms with E-state index in [1.165, 1.54) is 0 Å².